The van der Waals surface area contributed by atoms with Crippen molar-refractivity contribution >= 4 is 33.3 Å². The van der Waals surface area contributed by atoms with E-state index in [9.17, 15) is 9.18 Å². The Labute approximate surface area is 101 Å². The van der Waals surface area contributed by atoms with Gasteiger partial charge in [0, 0.05) is 4.47 Å². The van der Waals surface area contributed by atoms with Crippen molar-refractivity contribution in [1.82, 2.24) is 0 Å². The van der Waals surface area contributed by atoms with Crippen molar-refractivity contribution in [3.63, 3.8) is 0 Å². The molecule has 1 aromatic rings. The first-order valence-corrected chi connectivity index (χ1v) is 5.48. The zero-order valence-electron chi connectivity index (χ0n) is 8.72. The summed E-state index contributed by atoms with van der Waals surface area (Å²) in [6.45, 7) is 2.06. The lowest BCUT2D eigenvalue weighted by atomic mass is 10.2. The number of esters is 1. The minimum atomic E-state index is -0.506. The summed E-state index contributed by atoms with van der Waals surface area (Å²) in [6, 6.07) is 2.65. The molecule has 0 spiro atoms. The second kappa shape index (κ2) is 5.69. The van der Waals surface area contributed by atoms with Gasteiger partial charge in [0.05, 0.1) is 18.0 Å². The van der Waals surface area contributed by atoms with E-state index in [2.05, 4.69) is 21.2 Å². The van der Waals surface area contributed by atoms with Gasteiger partial charge in [0.15, 0.2) is 0 Å². The molecule has 0 unspecified atom stereocenters. The number of hydrogen-bond acceptors (Lipinski definition) is 4. The molecule has 0 aromatic heterocycles. The molecular formula is C10H12BrFN2O2. The number of anilines is 2. The van der Waals surface area contributed by atoms with Gasteiger partial charge < -0.3 is 15.8 Å². The van der Waals surface area contributed by atoms with Crippen molar-refractivity contribution in [2.24, 2.45) is 0 Å². The fourth-order valence-electron chi connectivity index (χ4n) is 1.08. The summed E-state index contributed by atoms with van der Waals surface area (Å²) in [5.74, 6) is -0.883. The van der Waals surface area contributed by atoms with Crippen LogP contribution in [0.3, 0.4) is 0 Å². The van der Waals surface area contributed by atoms with Gasteiger partial charge in [-0.2, -0.15) is 0 Å². The molecule has 0 aliphatic carbocycles. The van der Waals surface area contributed by atoms with E-state index in [1.165, 1.54) is 12.1 Å². The van der Waals surface area contributed by atoms with E-state index in [1.807, 2.05) is 0 Å². The zero-order valence-corrected chi connectivity index (χ0v) is 10.3. The summed E-state index contributed by atoms with van der Waals surface area (Å²) in [7, 11) is 0. The van der Waals surface area contributed by atoms with Crippen LogP contribution in [0.4, 0.5) is 15.8 Å². The Morgan fingerprint density at radius 3 is 2.94 bits per heavy atom. The van der Waals surface area contributed by atoms with E-state index in [4.69, 9.17) is 10.5 Å². The maximum atomic E-state index is 13.0. The van der Waals surface area contributed by atoms with Gasteiger partial charge >= 0.3 is 5.97 Å². The standard InChI is InChI=1S/C10H12BrFN2O2/c1-2-16-10(15)5-14-9-4-8(13)7(12)3-6(9)11/h3-4,14H,2,5,13H2,1H3. The highest BCUT2D eigenvalue weighted by Crippen LogP contribution is 2.26. The molecule has 4 nitrogen and oxygen atoms in total. The van der Waals surface area contributed by atoms with Crippen LogP contribution in [0.5, 0.6) is 0 Å². The molecule has 1 aromatic carbocycles. The summed E-state index contributed by atoms with van der Waals surface area (Å²) in [5.41, 5.74) is 5.97. The average Bonchev–Trinajstić information content (AvgIpc) is 2.22. The third-order valence-corrected chi connectivity index (χ3v) is 2.47. The van der Waals surface area contributed by atoms with Gasteiger partial charge in [-0.25, -0.2) is 4.39 Å². The summed E-state index contributed by atoms with van der Waals surface area (Å²) >= 11 is 3.16. The second-order valence-corrected chi connectivity index (χ2v) is 3.87. The van der Waals surface area contributed by atoms with Gasteiger partial charge in [0.25, 0.3) is 0 Å². The number of nitrogens with one attached hydrogen (secondary N) is 1. The Balaban J connectivity index is 2.67. The fraction of sp³-hybridized carbons (Fsp3) is 0.300. The minimum Gasteiger partial charge on any atom is -0.465 e. The van der Waals surface area contributed by atoms with E-state index in [-0.39, 0.29) is 18.2 Å². The van der Waals surface area contributed by atoms with Gasteiger partial charge in [-0.3, -0.25) is 4.79 Å². The maximum Gasteiger partial charge on any atom is 0.325 e. The molecule has 0 amide bonds. The van der Waals surface area contributed by atoms with Crippen LogP contribution in [-0.2, 0) is 9.53 Å². The lowest BCUT2D eigenvalue weighted by Gasteiger charge is -2.09. The second-order valence-electron chi connectivity index (χ2n) is 3.01. The van der Waals surface area contributed by atoms with Gasteiger partial charge in [-0.1, -0.05) is 0 Å². The van der Waals surface area contributed by atoms with Crippen molar-refractivity contribution in [2.45, 2.75) is 6.92 Å². The van der Waals surface area contributed by atoms with Crippen molar-refractivity contribution in [3.05, 3.63) is 22.4 Å². The summed E-state index contributed by atoms with van der Waals surface area (Å²) in [5, 5.41) is 2.80. The molecule has 3 N–H and O–H groups in total. The lowest BCUT2D eigenvalue weighted by molar-refractivity contribution is -0.140. The summed E-state index contributed by atoms with van der Waals surface area (Å²) < 4.78 is 18.2. The molecule has 1 rings (SSSR count). The molecule has 0 saturated carbocycles. The van der Waals surface area contributed by atoms with Crippen LogP contribution in [0.2, 0.25) is 0 Å². The topological polar surface area (TPSA) is 64.3 Å². The molecule has 0 aliphatic heterocycles. The Hall–Kier alpha value is -1.30. The Bertz CT molecular complexity index is 399. The first kappa shape index (κ1) is 12.8. The molecule has 0 atom stereocenters. The van der Waals surface area contributed by atoms with Crippen molar-refractivity contribution < 1.29 is 13.9 Å². The number of nitrogen functional groups attached to an aromatic ring is 1. The van der Waals surface area contributed by atoms with E-state index in [1.54, 1.807) is 6.92 Å². The van der Waals surface area contributed by atoms with E-state index >= 15 is 0 Å². The molecule has 0 saturated heterocycles. The van der Waals surface area contributed by atoms with Crippen molar-refractivity contribution in [2.75, 3.05) is 24.2 Å². The van der Waals surface area contributed by atoms with Crippen LogP contribution in [0, 0.1) is 5.82 Å². The smallest absolute Gasteiger partial charge is 0.325 e. The molecule has 0 fully saturated rings. The molecule has 16 heavy (non-hydrogen) atoms. The average molecular weight is 291 g/mol. The highest BCUT2D eigenvalue weighted by atomic mass is 79.9. The van der Waals surface area contributed by atoms with Gasteiger partial charge in [-0.15, -0.1) is 0 Å². The molecular weight excluding hydrogens is 279 g/mol. The largest absolute Gasteiger partial charge is 0.465 e. The van der Waals surface area contributed by atoms with E-state index in [0.717, 1.165) is 0 Å². The molecule has 0 aliphatic rings. The monoisotopic (exact) mass is 290 g/mol. The molecule has 0 heterocycles. The number of halogens is 2. The number of benzene rings is 1. The molecule has 0 bridgehead atoms. The van der Waals surface area contributed by atoms with Crippen molar-refractivity contribution in [3.8, 4) is 0 Å². The molecule has 88 valence electrons. The van der Waals surface area contributed by atoms with Crippen LogP contribution in [-0.4, -0.2) is 19.1 Å². The molecule has 0 radical (unpaired) electrons. The van der Waals surface area contributed by atoms with Gasteiger partial charge in [0.1, 0.15) is 12.4 Å². The first-order chi connectivity index (χ1) is 7.54. The number of nitrogens with two attached hydrogens (primary N) is 1. The number of rotatable bonds is 4. The van der Waals surface area contributed by atoms with Gasteiger partial charge in [0.2, 0.25) is 0 Å². The quantitative estimate of drug-likeness (QED) is 0.659. The fourth-order valence-corrected chi connectivity index (χ4v) is 1.54. The van der Waals surface area contributed by atoms with Crippen molar-refractivity contribution in [1.29, 1.82) is 0 Å². The highest BCUT2D eigenvalue weighted by Gasteiger charge is 2.07. The normalized spacial score (nSPS) is 9.94. The number of carbonyl (C=O) groups excluding carboxylic acids is 1. The Kier molecular flexibility index (Phi) is 4.54. The lowest BCUT2D eigenvalue weighted by Crippen LogP contribution is -2.17. The zero-order chi connectivity index (χ0) is 12.1. The number of carbonyl (C=O) groups is 1. The molecule has 6 heteroatoms. The van der Waals surface area contributed by atoms with Crippen LogP contribution in [0.25, 0.3) is 0 Å². The Morgan fingerprint density at radius 1 is 1.62 bits per heavy atom. The predicted molar refractivity (Wildman–Crippen MR) is 63.6 cm³/mol. The van der Waals surface area contributed by atoms with Crippen LogP contribution in [0.15, 0.2) is 16.6 Å². The first-order valence-electron chi connectivity index (χ1n) is 4.68. The third-order valence-electron chi connectivity index (χ3n) is 1.81. The summed E-state index contributed by atoms with van der Waals surface area (Å²) in [6.07, 6.45) is 0. The number of ether oxygens (including phenoxy) is 1. The summed E-state index contributed by atoms with van der Waals surface area (Å²) in [4.78, 5) is 11.1. The van der Waals surface area contributed by atoms with Crippen LogP contribution in [0.1, 0.15) is 6.92 Å². The minimum absolute atomic E-state index is 0.0114. The van der Waals surface area contributed by atoms with E-state index < -0.39 is 5.82 Å². The SMILES string of the molecule is CCOC(=O)CNc1cc(N)c(F)cc1Br. The third kappa shape index (κ3) is 3.37. The predicted octanol–water partition coefficient (Wildman–Crippen LogP) is 2.15. The van der Waals surface area contributed by atoms with Gasteiger partial charge in [-0.05, 0) is 35.0 Å². The number of hydrogen-bond donors (Lipinski definition) is 2. The van der Waals surface area contributed by atoms with E-state index in [0.29, 0.717) is 16.8 Å². The highest BCUT2D eigenvalue weighted by molar-refractivity contribution is 9.10. The maximum absolute atomic E-state index is 13.0. The Morgan fingerprint density at radius 2 is 2.31 bits per heavy atom. The van der Waals surface area contributed by atoms with Crippen LogP contribution < -0.4 is 11.1 Å². The van der Waals surface area contributed by atoms with Crippen LogP contribution >= 0.6 is 15.9 Å².